The summed E-state index contributed by atoms with van der Waals surface area (Å²) in [5.74, 6) is 2.25. The molecule has 1 N–H and O–H groups in total. The van der Waals surface area contributed by atoms with Gasteiger partial charge in [0.25, 0.3) is 0 Å². The summed E-state index contributed by atoms with van der Waals surface area (Å²) < 4.78 is 18.6. The Morgan fingerprint density at radius 1 is 1.13 bits per heavy atom. The molecule has 0 saturated carbocycles. The Morgan fingerprint density at radius 2 is 1.87 bits per heavy atom. The number of carbonyl (C=O) groups is 1. The minimum atomic E-state index is -0.127. The van der Waals surface area contributed by atoms with Crippen molar-refractivity contribution in [3.8, 4) is 17.2 Å². The zero-order valence-corrected chi connectivity index (χ0v) is 17.9. The van der Waals surface area contributed by atoms with E-state index in [0.717, 1.165) is 33.6 Å². The van der Waals surface area contributed by atoms with Crippen molar-refractivity contribution in [2.45, 2.75) is 12.1 Å². The summed E-state index contributed by atoms with van der Waals surface area (Å²) >= 11 is 1.33. The van der Waals surface area contributed by atoms with E-state index in [1.54, 1.807) is 31.4 Å². The van der Waals surface area contributed by atoms with Crippen LogP contribution in [0.1, 0.15) is 5.56 Å². The first-order chi connectivity index (χ1) is 15.1. The average Bonchev–Trinajstić information content (AvgIpc) is 3.22. The van der Waals surface area contributed by atoms with Crippen LogP contribution in [-0.4, -0.2) is 46.6 Å². The normalized spacial score (nSPS) is 12.8. The number of anilines is 1. The molecule has 2 aromatic heterocycles. The van der Waals surface area contributed by atoms with E-state index in [0.29, 0.717) is 29.8 Å². The summed E-state index contributed by atoms with van der Waals surface area (Å²) in [6, 6.07) is 13.2. The van der Waals surface area contributed by atoms with Gasteiger partial charge in [0.2, 0.25) is 5.91 Å². The molecule has 8 nitrogen and oxygen atoms in total. The molecule has 0 aliphatic carbocycles. The van der Waals surface area contributed by atoms with Gasteiger partial charge in [-0.2, -0.15) is 0 Å². The quantitative estimate of drug-likeness (QED) is 0.477. The molecule has 0 atom stereocenters. The van der Waals surface area contributed by atoms with Gasteiger partial charge in [-0.1, -0.05) is 11.8 Å². The first kappa shape index (κ1) is 19.5. The maximum Gasteiger partial charge on any atom is 0.234 e. The zero-order chi connectivity index (χ0) is 21.4. The van der Waals surface area contributed by atoms with Gasteiger partial charge in [-0.15, -0.1) is 10.2 Å². The second kappa shape index (κ2) is 7.99. The van der Waals surface area contributed by atoms with Crippen molar-refractivity contribution in [3.63, 3.8) is 0 Å². The molecule has 4 aromatic rings. The lowest BCUT2D eigenvalue weighted by Crippen LogP contribution is -2.15. The van der Waals surface area contributed by atoms with Crippen molar-refractivity contribution in [2.24, 2.45) is 0 Å². The van der Waals surface area contributed by atoms with Crippen LogP contribution < -0.4 is 19.5 Å². The third-order valence-corrected chi connectivity index (χ3v) is 5.93. The highest BCUT2D eigenvalue weighted by molar-refractivity contribution is 7.99. The minimum Gasteiger partial charge on any atom is -0.497 e. The van der Waals surface area contributed by atoms with Crippen LogP contribution in [0.15, 0.2) is 47.6 Å². The highest BCUT2D eigenvalue weighted by atomic mass is 32.2. The van der Waals surface area contributed by atoms with E-state index >= 15 is 0 Å². The number of ether oxygens (including phenoxy) is 3. The number of methoxy groups -OCH3 is 1. The molecule has 2 aromatic carbocycles. The van der Waals surface area contributed by atoms with E-state index in [1.807, 2.05) is 23.5 Å². The lowest BCUT2D eigenvalue weighted by atomic mass is 10.1. The number of rotatable bonds is 5. The van der Waals surface area contributed by atoms with Gasteiger partial charge in [-0.05, 0) is 48.9 Å². The smallest absolute Gasteiger partial charge is 0.234 e. The number of carbonyl (C=O) groups excluding carboxylic acids is 1. The number of benzene rings is 2. The largest absolute Gasteiger partial charge is 0.497 e. The Bertz CT molecular complexity index is 1290. The number of nitrogens with one attached hydrogen (secondary N) is 1. The van der Waals surface area contributed by atoms with Gasteiger partial charge >= 0.3 is 0 Å². The molecule has 1 amide bonds. The van der Waals surface area contributed by atoms with Crippen LogP contribution >= 0.6 is 11.8 Å². The Morgan fingerprint density at radius 3 is 2.61 bits per heavy atom. The van der Waals surface area contributed by atoms with E-state index in [4.69, 9.17) is 14.2 Å². The molecule has 3 heterocycles. The molecule has 0 saturated heterocycles. The predicted octanol–water partition coefficient (Wildman–Crippen LogP) is 3.70. The third kappa shape index (κ3) is 3.72. The van der Waals surface area contributed by atoms with E-state index in [-0.39, 0.29) is 11.7 Å². The van der Waals surface area contributed by atoms with Crippen LogP contribution in [0.4, 0.5) is 5.69 Å². The Kier molecular flexibility index (Phi) is 5.03. The van der Waals surface area contributed by atoms with E-state index in [2.05, 4.69) is 21.6 Å². The van der Waals surface area contributed by atoms with Gasteiger partial charge in [0.15, 0.2) is 22.3 Å². The van der Waals surface area contributed by atoms with Crippen molar-refractivity contribution >= 4 is 39.9 Å². The summed E-state index contributed by atoms with van der Waals surface area (Å²) in [4.78, 5) is 12.5. The Labute approximate surface area is 182 Å². The number of aromatic nitrogens is 3. The van der Waals surface area contributed by atoms with Crippen LogP contribution in [0.2, 0.25) is 0 Å². The van der Waals surface area contributed by atoms with Gasteiger partial charge in [-0.25, -0.2) is 0 Å². The fourth-order valence-corrected chi connectivity index (χ4v) is 4.28. The van der Waals surface area contributed by atoms with E-state index in [9.17, 15) is 4.79 Å². The van der Waals surface area contributed by atoms with Crippen molar-refractivity contribution in [2.75, 3.05) is 31.4 Å². The highest BCUT2D eigenvalue weighted by Crippen LogP contribution is 2.36. The molecule has 9 heteroatoms. The molecular formula is C22H20N4O4S. The van der Waals surface area contributed by atoms with Crippen molar-refractivity contribution in [3.05, 3.63) is 48.0 Å². The summed E-state index contributed by atoms with van der Waals surface area (Å²) in [6.07, 6.45) is 0. The number of hydrogen-bond acceptors (Lipinski definition) is 7. The first-order valence-electron chi connectivity index (χ1n) is 9.77. The number of hydrogen-bond donors (Lipinski definition) is 1. The maximum absolute atomic E-state index is 12.5. The molecule has 0 bridgehead atoms. The minimum absolute atomic E-state index is 0.127. The molecule has 158 valence electrons. The standard InChI is InChI=1S/C22H20N4O4S/c1-13-9-14-10-18-19(30-8-7-29-18)11-17(14)26-21(13)24-25-22(26)31-12-20(27)23-15-3-5-16(28-2)6-4-15/h3-6,9-11H,7-8,12H2,1-2H3,(H,23,27). The second-order valence-electron chi connectivity index (χ2n) is 7.09. The number of nitrogens with zero attached hydrogens (tertiary/aromatic N) is 3. The average molecular weight is 436 g/mol. The summed E-state index contributed by atoms with van der Waals surface area (Å²) in [7, 11) is 1.60. The van der Waals surface area contributed by atoms with Crippen molar-refractivity contribution in [1.29, 1.82) is 0 Å². The first-order valence-corrected chi connectivity index (χ1v) is 10.8. The Balaban J connectivity index is 1.42. The predicted molar refractivity (Wildman–Crippen MR) is 119 cm³/mol. The van der Waals surface area contributed by atoms with Crippen LogP contribution in [-0.2, 0) is 4.79 Å². The van der Waals surface area contributed by atoms with Gasteiger partial charge in [0.05, 0.1) is 18.4 Å². The molecule has 1 aliphatic rings. The van der Waals surface area contributed by atoms with E-state index < -0.39 is 0 Å². The van der Waals surface area contributed by atoms with E-state index in [1.165, 1.54) is 11.8 Å². The molecule has 1 aliphatic heterocycles. The van der Waals surface area contributed by atoms with Crippen molar-refractivity contribution < 1.29 is 19.0 Å². The molecule has 5 rings (SSSR count). The SMILES string of the molecule is COc1ccc(NC(=O)CSc2nnc3c(C)cc4cc5c(cc4n23)OCCO5)cc1. The number of fused-ring (bicyclic) bond motifs is 4. The van der Waals surface area contributed by atoms with Crippen LogP contribution in [0.3, 0.4) is 0 Å². The Hall–Kier alpha value is -3.46. The van der Waals surface area contributed by atoms with Crippen LogP contribution in [0.5, 0.6) is 17.2 Å². The van der Waals surface area contributed by atoms with Gasteiger partial charge in [0.1, 0.15) is 19.0 Å². The van der Waals surface area contributed by atoms with Crippen molar-refractivity contribution in [1.82, 2.24) is 14.6 Å². The van der Waals surface area contributed by atoms with Gasteiger partial charge in [-0.3, -0.25) is 9.20 Å². The zero-order valence-electron chi connectivity index (χ0n) is 17.0. The highest BCUT2D eigenvalue weighted by Gasteiger charge is 2.18. The molecule has 0 unspecified atom stereocenters. The monoisotopic (exact) mass is 436 g/mol. The number of aryl methyl sites for hydroxylation is 1. The van der Waals surface area contributed by atoms with Crippen LogP contribution in [0.25, 0.3) is 16.6 Å². The fraction of sp³-hybridized carbons (Fsp3) is 0.227. The van der Waals surface area contributed by atoms with Gasteiger partial charge < -0.3 is 19.5 Å². The molecule has 0 spiro atoms. The molecule has 0 radical (unpaired) electrons. The lowest BCUT2D eigenvalue weighted by Gasteiger charge is -2.19. The number of pyridine rings is 1. The van der Waals surface area contributed by atoms with Crippen LogP contribution in [0, 0.1) is 6.92 Å². The fourth-order valence-electron chi connectivity index (χ4n) is 3.54. The summed E-state index contributed by atoms with van der Waals surface area (Å²) in [5, 5.41) is 13.2. The lowest BCUT2D eigenvalue weighted by molar-refractivity contribution is -0.113. The summed E-state index contributed by atoms with van der Waals surface area (Å²) in [5.41, 5.74) is 3.36. The molecule has 0 fully saturated rings. The number of thioether (sulfide) groups is 1. The molecular weight excluding hydrogens is 416 g/mol. The maximum atomic E-state index is 12.5. The number of amides is 1. The third-order valence-electron chi connectivity index (χ3n) is 5.00. The second-order valence-corrected chi connectivity index (χ2v) is 8.03. The summed E-state index contributed by atoms with van der Waals surface area (Å²) in [6.45, 7) is 3.05. The topological polar surface area (TPSA) is 87.0 Å². The molecule has 31 heavy (non-hydrogen) atoms. The van der Waals surface area contributed by atoms with Gasteiger partial charge in [0, 0.05) is 17.1 Å².